The average molecular weight is 284 g/mol. The summed E-state index contributed by atoms with van der Waals surface area (Å²) in [6.07, 6.45) is 0. The molecule has 1 aromatic rings. The van der Waals surface area contributed by atoms with E-state index in [-0.39, 0.29) is 6.04 Å². The van der Waals surface area contributed by atoms with Gasteiger partial charge in [0.15, 0.2) is 0 Å². The molecule has 1 unspecified atom stereocenters. The highest BCUT2D eigenvalue weighted by Gasteiger charge is 2.18. The summed E-state index contributed by atoms with van der Waals surface area (Å²) >= 11 is 0. The third-order valence-corrected chi connectivity index (χ3v) is 4.72. The van der Waals surface area contributed by atoms with Gasteiger partial charge in [-0.05, 0) is 39.1 Å². The van der Waals surface area contributed by atoms with Crippen molar-refractivity contribution in [3.05, 3.63) is 29.8 Å². The minimum absolute atomic E-state index is 0.105. The Morgan fingerprint density at radius 2 is 1.68 bits per heavy atom. The maximum Gasteiger partial charge on any atom is 0.240 e. The van der Waals surface area contributed by atoms with Crippen molar-refractivity contribution in [2.75, 3.05) is 19.6 Å². The molecule has 4 nitrogen and oxygen atoms in total. The van der Waals surface area contributed by atoms with Gasteiger partial charge in [0.05, 0.1) is 4.90 Å². The highest BCUT2D eigenvalue weighted by atomic mass is 32.2. The van der Waals surface area contributed by atoms with Crippen molar-refractivity contribution >= 4 is 10.0 Å². The molecule has 0 saturated carbocycles. The number of likely N-dealkylation sites (N-methyl/N-ethyl adjacent to an activating group) is 1. The molecule has 19 heavy (non-hydrogen) atoms. The molecule has 0 fully saturated rings. The van der Waals surface area contributed by atoms with E-state index >= 15 is 0 Å². The normalized spacial score (nSPS) is 13.7. The van der Waals surface area contributed by atoms with Crippen molar-refractivity contribution in [3.63, 3.8) is 0 Å². The fraction of sp³-hybridized carbons (Fsp3) is 0.571. The number of sulfonamides is 1. The Morgan fingerprint density at radius 3 is 2.16 bits per heavy atom. The van der Waals surface area contributed by atoms with E-state index in [1.165, 1.54) is 0 Å². The van der Waals surface area contributed by atoms with Gasteiger partial charge in [0, 0.05) is 12.6 Å². The maximum atomic E-state index is 12.2. The first-order valence-corrected chi connectivity index (χ1v) is 8.18. The van der Waals surface area contributed by atoms with E-state index in [0.717, 1.165) is 25.2 Å². The van der Waals surface area contributed by atoms with Gasteiger partial charge in [0.25, 0.3) is 0 Å². The zero-order valence-corrected chi connectivity index (χ0v) is 13.0. The van der Waals surface area contributed by atoms with Crippen LogP contribution in [0.2, 0.25) is 0 Å². The molecule has 0 saturated heterocycles. The minimum atomic E-state index is -3.42. The van der Waals surface area contributed by atoms with Crippen molar-refractivity contribution < 1.29 is 8.42 Å². The second-order valence-corrected chi connectivity index (χ2v) is 6.54. The Balaban J connectivity index is 2.71. The molecule has 1 rings (SSSR count). The zero-order chi connectivity index (χ0) is 14.5. The van der Waals surface area contributed by atoms with E-state index in [4.69, 9.17) is 0 Å². The molecule has 0 aliphatic heterocycles. The number of nitrogens with zero attached hydrogens (tertiary/aromatic N) is 1. The van der Waals surface area contributed by atoms with E-state index in [1.54, 1.807) is 12.1 Å². The standard InChI is InChI=1S/C14H24N2O2S/c1-5-16(6-2)11-13(4)15-19(17,18)14-9-7-12(3)8-10-14/h7-10,13,15H,5-6,11H2,1-4H3. The summed E-state index contributed by atoms with van der Waals surface area (Å²) in [7, 11) is -3.42. The van der Waals surface area contributed by atoms with Gasteiger partial charge in [0.2, 0.25) is 10.0 Å². The van der Waals surface area contributed by atoms with Crippen molar-refractivity contribution in [2.45, 2.75) is 38.6 Å². The van der Waals surface area contributed by atoms with Crippen molar-refractivity contribution in [1.82, 2.24) is 9.62 Å². The van der Waals surface area contributed by atoms with Crippen LogP contribution in [0.15, 0.2) is 29.2 Å². The first kappa shape index (κ1) is 16.1. The van der Waals surface area contributed by atoms with E-state index in [0.29, 0.717) is 4.90 Å². The Bertz CT molecular complexity index is 479. The third-order valence-electron chi connectivity index (χ3n) is 3.11. The summed E-state index contributed by atoms with van der Waals surface area (Å²) in [5.74, 6) is 0. The van der Waals surface area contributed by atoms with E-state index in [9.17, 15) is 8.42 Å². The molecule has 108 valence electrons. The molecule has 0 aliphatic rings. The van der Waals surface area contributed by atoms with Crippen LogP contribution in [0.3, 0.4) is 0 Å². The van der Waals surface area contributed by atoms with Gasteiger partial charge in [-0.3, -0.25) is 0 Å². The Labute approximate surface area is 116 Å². The van der Waals surface area contributed by atoms with E-state index in [2.05, 4.69) is 23.5 Å². The van der Waals surface area contributed by atoms with Crippen LogP contribution in [0.5, 0.6) is 0 Å². The SMILES string of the molecule is CCN(CC)CC(C)NS(=O)(=O)c1ccc(C)cc1. The lowest BCUT2D eigenvalue weighted by molar-refractivity contribution is 0.282. The second kappa shape index (κ2) is 7.03. The predicted octanol–water partition coefficient (Wildman–Crippen LogP) is 2.00. The van der Waals surface area contributed by atoms with Crippen molar-refractivity contribution in [1.29, 1.82) is 0 Å². The lowest BCUT2D eigenvalue weighted by atomic mass is 10.2. The highest BCUT2D eigenvalue weighted by molar-refractivity contribution is 7.89. The lowest BCUT2D eigenvalue weighted by Gasteiger charge is -2.23. The molecule has 0 aromatic heterocycles. The monoisotopic (exact) mass is 284 g/mol. The summed E-state index contributed by atoms with van der Waals surface area (Å²) in [5, 5.41) is 0. The molecule has 0 spiro atoms. The lowest BCUT2D eigenvalue weighted by Crippen LogP contribution is -2.41. The molecule has 0 amide bonds. The van der Waals surface area contributed by atoms with Crippen LogP contribution in [0, 0.1) is 6.92 Å². The first-order valence-electron chi connectivity index (χ1n) is 6.70. The van der Waals surface area contributed by atoms with Gasteiger partial charge in [-0.15, -0.1) is 0 Å². The number of nitrogens with one attached hydrogen (secondary N) is 1. The summed E-state index contributed by atoms with van der Waals surface area (Å²) in [4.78, 5) is 2.52. The van der Waals surface area contributed by atoms with Crippen LogP contribution in [0.1, 0.15) is 26.3 Å². The van der Waals surface area contributed by atoms with Crippen LogP contribution in [0.4, 0.5) is 0 Å². The highest BCUT2D eigenvalue weighted by Crippen LogP contribution is 2.10. The third kappa shape index (κ3) is 4.93. The largest absolute Gasteiger partial charge is 0.302 e. The average Bonchev–Trinajstić information content (AvgIpc) is 2.35. The second-order valence-electron chi connectivity index (χ2n) is 4.82. The summed E-state index contributed by atoms with van der Waals surface area (Å²) in [6, 6.07) is 6.79. The molecule has 0 heterocycles. The molecular weight excluding hydrogens is 260 g/mol. The molecule has 1 N–H and O–H groups in total. The van der Waals surface area contributed by atoms with Gasteiger partial charge in [0.1, 0.15) is 0 Å². The maximum absolute atomic E-state index is 12.2. The number of benzene rings is 1. The van der Waals surface area contributed by atoms with Crippen LogP contribution in [-0.4, -0.2) is 39.0 Å². The predicted molar refractivity (Wildman–Crippen MR) is 78.8 cm³/mol. The quantitative estimate of drug-likeness (QED) is 0.833. The smallest absolute Gasteiger partial charge is 0.240 e. The number of aryl methyl sites for hydroxylation is 1. The van der Waals surface area contributed by atoms with Gasteiger partial charge in [-0.1, -0.05) is 31.5 Å². The molecule has 1 aromatic carbocycles. The summed E-state index contributed by atoms with van der Waals surface area (Å²) in [5.41, 5.74) is 1.05. The number of rotatable bonds is 7. The van der Waals surface area contributed by atoms with Crippen molar-refractivity contribution in [3.8, 4) is 0 Å². The fourth-order valence-electron chi connectivity index (χ4n) is 1.96. The number of hydrogen-bond donors (Lipinski definition) is 1. The van der Waals surface area contributed by atoms with Crippen molar-refractivity contribution in [2.24, 2.45) is 0 Å². The Morgan fingerprint density at radius 1 is 1.16 bits per heavy atom. The molecule has 5 heteroatoms. The molecule has 1 atom stereocenters. The molecule has 0 bridgehead atoms. The van der Waals surface area contributed by atoms with Crippen LogP contribution in [-0.2, 0) is 10.0 Å². The van der Waals surface area contributed by atoms with E-state index < -0.39 is 10.0 Å². The Hall–Kier alpha value is -0.910. The van der Waals surface area contributed by atoms with Gasteiger partial charge < -0.3 is 4.90 Å². The fourth-order valence-corrected chi connectivity index (χ4v) is 3.19. The molecule has 0 radical (unpaired) electrons. The van der Waals surface area contributed by atoms with Gasteiger partial charge in [-0.2, -0.15) is 0 Å². The van der Waals surface area contributed by atoms with Gasteiger partial charge >= 0.3 is 0 Å². The van der Waals surface area contributed by atoms with Gasteiger partial charge in [-0.25, -0.2) is 13.1 Å². The topological polar surface area (TPSA) is 49.4 Å². The Kier molecular flexibility index (Phi) is 5.97. The van der Waals surface area contributed by atoms with Crippen LogP contribution in [0.25, 0.3) is 0 Å². The number of hydrogen-bond acceptors (Lipinski definition) is 3. The molecular formula is C14H24N2O2S. The first-order chi connectivity index (χ1) is 8.89. The van der Waals surface area contributed by atoms with Crippen LogP contribution >= 0.6 is 0 Å². The van der Waals surface area contributed by atoms with E-state index in [1.807, 2.05) is 26.0 Å². The van der Waals surface area contributed by atoms with Crippen LogP contribution < -0.4 is 4.72 Å². The molecule has 0 aliphatic carbocycles. The summed E-state index contributed by atoms with van der Waals surface area (Å²) in [6.45, 7) is 10.5. The minimum Gasteiger partial charge on any atom is -0.302 e. The zero-order valence-electron chi connectivity index (χ0n) is 12.2. The summed E-state index contributed by atoms with van der Waals surface area (Å²) < 4.78 is 27.1.